The van der Waals surface area contributed by atoms with E-state index in [0.717, 1.165) is 6.07 Å². The maximum atomic E-state index is 11.9. The molecule has 100 valence electrons. The second kappa shape index (κ2) is 5.21. The van der Waals surface area contributed by atoms with E-state index in [9.17, 15) is 13.2 Å². The molecule has 7 nitrogen and oxygen atoms in total. The highest BCUT2D eigenvalue weighted by atomic mass is 32.2. The van der Waals surface area contributed by atoms with Gasteiger partial charge in [-0.3, -0.25) is 0 Å². The second-order valence-electron chi connectivity index (χ2n) is 3.65. The molecule has 2 N–H and O–H groups in total. The Labute approximate surface area is 108 Å². The number of carboxylic acid groups (broad SMARTS) is 1. The highest BCUT2D eigenvalue weighted by molar-refractivity contribution is 7.89. The summed E-state index contributed by atoms with van der Waals surface area (Å²) < 4.78 is 30.8. The second-order valence-corrected chi connectivity index (χ2v) is 5.42. The van der Waals surface area contributed by atoms with Gasteiger partial charge in [-0.1, -0.05) is 11.2 Å². The minimum Gasteiger partial charge on any atom is -0.478 e. The number of nitrogens with one attached hydrogen (secondary N) is 1. The molecule has 0 unspecified atom stereocenters. The van der Waals surface area contributed by atoms with Gasteiger partial charge in [0.1, 0.15) is 6.26 Å². The Morgan fingerprint density at radius 3 is 2.79 bits per heavy atom. The molecule has 0 spiro atoms. The van der Waals surface area contributed by atoms with Crippen LogP contribution in [-0.2, 0) is 16.6 Å². The molecule has 1 aromatic heterocycles. The number of hydrogen-bond acceptors (Lipinski definition) is 5. The van der Waals surface area contributed by atoms with Crippen molar-refractivity contribution in [3.05, 3.63) is 47.9 Å². The van der Waals surface area contributed by atoms with Crippen LogP contribution in [0.15, 0.2) is 46.0 Å². The highest BCUT2D eigenvalue weighted by Crippen LogP contribution is 2.12. The molecule has 1 aromatic carbocycles. The van der Waals surface area contributed by atoms with Crippen LogP contribution in [0, 0.1) is 0 Å². The van der Waals surface area contributed by atoms with Crippen LogP contribution in [0.4, 0.5) is 0 Å². The van der Waals surface area contributed by atoms with E-state index >= 15 is 0 Å². The van der Waals surface area contributed by atoms with E-state index in [4.69, 9.17) is 5.11 Å². The molecular formula is C11H10N2O5S. The fourth-order valence-corrected chi connectivity index (χ4v) is 2.42. The largest absolute Gasteiger partial charge is 0.478 e. The molecule has 0 atom stereocenters. The summed E-state index contributed by atoms with van der Waals surface area (Å²) in [4.78, 5) is 10.7. The van der Waals surface area contributed by atoms with Crippen LogP contribution in [0.1, 0.15) is 16.1 Å². The number of hydrogen-bond donors (Lipinski definition) is 2. The van der Waals surface area contributed by atoms with E-state index in [0.29, 0.717) is 5.69 Å². The molecule has 0 aliphatic heterocycles. The lowest BCUT2D eigenvalue weighted by atomic mass is 10.2. The van der Waals surface area contributed by atoms with Gasteiger partial charge in [0, 0.05) is 6.07 Å². The van der Waals surface area contributed by atoms with Gasteiger partial charge >= 0.3 is 5.97 Å². The Bertz CT molecular complexity index is 679. The van der Waals surface area contributed by atoms with Crippen LogP contribution >= 0.6 is 0 Å². The lowest BCUT2D eigenvalue weighted by molar-refractivity contribution is 0.0696. The van der Waals surface area contributed by atoms with Crippen molar-refractivity contribution in [1.82, 2.24) is 9.88 Å². The molecule has 0 saturated heterocycles. The van der Waals surface area contributed by atoms with E-state index in [-0.39, 0.29) is 17.0 Å². The van der Waals surface area contributed by atoms with Gasteiger partial charge in [0.2, 0.25) is 10.0 Å². The zero-order valence-electron chi connectivity index (χ0n) is 9.61. The van der Waals surface area contributed by atoms with Crippen molar-refractivity contribution in [2.45, 2.75) is 11.4 Å². The Morgan fingerprint density at radius 1 is 1.37 bits per heavy atom. The lowest BCUT2D eigenvalue weighted by Crippen LogP contribution is -2.23. The van der Waals surface area contributed by atoms with Crippen molar-refractivity contribution in [3.8, 4) is 0 Å². The van der Waals surface area contributed by atoms with Crippen molar-refractivity contribution in [2.24, 2.45) is 0 Å². The Kier molecular flexibility index (Phi) is 3.63. The van der Waals surface area contributed by atoms with Crippen LogP contribution in [-0.4, -0.2) is 24.7 Å². The van der Waals surface area contributed by atoms with E-state index in [1.165, 1.54) is 30.5 Å². The third kappa shape index (κ3) is 3.18. The Morgan fingerprint density at radius 2 is 2.16 bits per heavy atom. The first-order valence-corrected chi connectivity index (χ1v) is 6.69. The molecule has 0 fully saturated rings. The van der Waals surface area contributed by atoms with Crippen LogP contribution in [0.2, 0.25) is 0 Å². The van der Waals surface area contributed by atoms with Crippen LogP contribution in [0.3, 0.4) is 0 Å². The summed E-state index contributed by atoms with van der Waals surface area (Å²) in [7, 11) is -3.79. The third-order valence-electron chi connectivity index (χ3n) is 2.33. The fraction of sp³-hybridized carbons (Fsp3) is 0.0909. The maximum Gasteiger partial charge on any atom is 0.335 e. The molecule has 2 rings (SSSR count). The summed E-state index contributed by atoms with van der Waals surface area (Å²) in [5.41, 5.74) is 0.335. The van der Waals surface area contributed by atoms with Gasteiger partial charge in [-0.25, -0.2) is 17.9 Å². The van der Waals surface area contributed by atoms with Gasteiger partial charge in [-0.2, -0.15) is 0 Å². The van der Waals surface area contributed by atoms with Crippen LogP contribution < -0.4 is 4.72 Å². The van der Waals surface area contributed by atoms with Crippen molar-refractivity contribution in [3.63, 3.8) is 0 Å². The predicted octanol–water partition coefficient (Wildman–Crippen LogP) is 0.851. The van der Waals surface area contributed by atoms with E-state index in [2.05, 4.69) is 14.4 Å². The maximum absolute atomic E-state index is 11.9. The van der Waals surface area contributed by atoms with Gasteiger partial charge in [0.05, 0.1) is 22.7 Å². The molecule has 2 aromatic rings. The number of benzene rings is 1. The van der Waals surface area contributed by atoms with Gasteiger partial charge in [-0.15, -0.1) is 0 Å². The number of rotatable bonds is 5. The number of aromatic carboxylic acids is 1. The minimum atomic E-state index is -3.79. The topological polar surface area (TPSA) is 110 Å². The normalized spacial score (nSPS) is 11.4. The quantitative estimate of drug-likeness (QED) is 0.841. The Hall–Kier alpha value is -2.19. The summed E-state index contributed by atoms with van der Waals surface area (Å²) in [5, 5.41) is 12.4. The smallest absolute Gasteiger partial charge is 0.335 e. The lowest BCUT2D eigenvalue weighted by Gasteiger charge is -2.05. The monoisotopic (exact) mass is 282 g/mol. The minimum absolute atomic E-state index is 0.0316. The third-order valence-corrected chi connectivity index (χ3v) is 3.72. The van der Waals surface area contributed by atoms with Crippen molar-refractivity contribution in [1.29, 1.82) is 0 Å². The molecule has 19 heavy (non-hydrogen) atoms. The fourth-order valence-electron chi connectivity index (χ4n) is 1.38. The zero-order valence-corrected chi connectivity index (χ0v) is 10.4. The molecular weight excluding hydrogens is 272 g/mol. The van der Waals surface area contributed by atoms with E-state index in [1.54, 1.807) is 0 Å². The van der Waals surface area contributed by atoms with Crippen molar-refractivity contribution in [2.75, 3.05) is 0 Å². The summed E-state index contributed by atoms with van der Waals surface area (Å²) in [6, 6.07) is 6.62. The SMILES string of the molecule is O=C(O)c1cccc(S(=O)(=O)NCc2ccon2)c1. The first-order chi connectivity index (χ1) is 8.99. The molecule has 0 aliphatic carbocycles. The molecule has 0 radical (unpaired) electrons. The Balaban J connectivity index is 2.19. The molecule has 8 heteroatoms. The number of nitrogens with zero attached hydrogens (tertiary/aromatic N) is 1. The van der Waals surface area contributed by atoms with Crippen molar-refractivity contribution < 1.29 is 22.8 Å². The zero-order chi connectivity index (χ0) is 13.9. The van der Waals surface area contributed by atoms with Gasteiger partial charge < -0.3 is 9.63 Å². The molecule has 0 saturated carbocycles. The number of carboxylic acids is 1. The van der Waals surface area contributed by atoms with E-state index < -0.39 is 16.0 Å². The first-order valence-electron chi connectivity index (χ1n) is 5.21. The van der Waals surface area contributed by atoms with Gasteiger partial charge in [-0.05, 0) is 18.2 Å². The summed E-state index contributed by atoms with van der Waals surface area (Å²) in [6.45, 7) is -0.0316. The molecule has 0 amide bonds. The van der Waals surface area contributed by atoms with E-state index in [1.807, 2.05) is 0 Å². The highest BCUT2D eigenvalue weighted by Gasteiger charge is 2.16. The van der Waals surface area contributed by atoms with Crippen molar-refractivity contribution >= 4 is 16.0 Å². The standard InChI is InChI=1S/C11H10N2O5S/c14-11(15)8-2-1-3-10(6-8)19(16,17)12-7-9-4-5-18-13-9/h1-6,12H,7H2,(H,14,15). The van der Waals surface area contributed by atoms with Gasteiger partial charge in [0.25, 0.3) is 0 Å². The average Bonchev–Trinajstić information content (AvgIpc) is 2.90. The number of sulfonamides is 1. The van der Waals surface area contributed by atoms with Gasteiger partial charge in [0.15, 0.2) is 0 Å². The number of aromatic nitrogens is 1. The average molecular weight is 282 g/mol. The number of carbonyl (C=O) groups is 1. The molecule has 0 bridgehead atoms. The summed E-state index contributed by atoms with van der Waals surface area (Å²) in [6.07, 6.45) is 1.33. The molecule has 0 aliphatic rings. The first kappa shape index (κ1) is 13.2. The predicted molar refractivity (Wildman–Crippen MR) is 63.9 cm³/mol. The van der Waals surface area contributed by atoms with Crippen LogP contribution in [0.5, 0.6) is 0 Å². The summed E-state index contributed by atoms with van der Waals surface area (Å²) in [5.74, 6) is -1.19. The van der Waals surface area contributed by atoms with Crippen LogP contribution in [0.25, 0.3) is 0 Å². The molecule has 1 heterocycles. The summed E-state index contributed by atoms with van der Waals surface area (Å²) >= 11 is 0.